The summed E-state index contributed by atoms with van der Waals surface area (Å²) in [4.78, 5) is 0. The standard InChI is InChI=1S/C15H22O2/c1-2-3-4-5-8-12-11-14(16)13-9-6-7-10-15(13)17-12/h6-7,9-10,12,14,16H,2-5,8,11H2,1H3/t12?,14-/m0/s1. The number of hydrogen-bond acceptors (Lipinski definition) is 2. The molecule has 0 spiro atoms. The highest BCUT2D eigenvalue weighted by Gasteiger charge is 2.25. The summed E-state index contributed by atoms with van der Waals surface area (Å²) in [5.41, 5.74) is 0.942. The number of unbranched alkanes of at least 4 members (excludes halogenated alkanes) is 3. The highest BCUT2D eigenvalue weighted by atomic mass is 16.5. The second-order valence-corrected chi connectivity index (χ2v) is 4.88. The van der Waals surface area contributed by atoms with Crippen LogP contribution in [-0.4, -0.2) is 11.2 Å². The zero-order valence-electron chi connectivity index (χ0n) is 10.6. The first-order chi connectivity index (χ1) is 8.31. The molecule has 1 aromatic carbocycles. The molecule has 1 heterocycles. The van der Waals surface area contributed by atoms with Crippen molar-refractivity contribution in [3.8, 4) is 5.75 Å². The largest absolute Gasteiger partial charge is 0.490 e. The molecule has 1 aromatic rings. The molecule has 0 fully saturated rings. The minimum absolute atomic E-state index is 0.191. The molecule has 94 valence electrons. The maximum Gasteiger partial charge on any atom is 0.125 e. The van der Waals surface area contributed by atoms with Crippen LogP contribution in [0.1, 0.15) is 57.1 Å². The average molecular weight is 234 g/mol. The van der Waals surface area contributed by atoms with E-state index in [1.807, 2.05) is 24.3 Å². The fourth-order valence-corrected chi connectivity index (χ4v) is 2.44. The lowest BCUT2D eigenvalue weighted by atomic mass is 9.96. The second kappa shape index (κ2) is 6.06. The SMILES string of the molecule is CCCCCCC1C[C@H](O)c2ccccc2O1. The van der Waals surface area contributed by atoms with Crippen molar-refractivity contribution in [2.24, 2.45) is 0 Å². The van der Waals surface area contributed by atoms with Crippen LogP contribution in [0, 0.1) is 0 Å². The van der Waals surface area contributed by atoms with Crippen molar-refractivity contribution >= 4 is 0 Å². The van der Waals surface area contributed by atoms with Crippen LogP contribution in [0.15, 0.2) is 24.3 Å². The van der Waals surface area contributed by atoms with E-state index in [4.69, 9.17) is 4.74 Å². The van der Waals surface area contributed by atoms with Gasteiger partial charge in [0.15, 0.2) is 0 Å². The van der Waals surface area contributed by atoms with E-state index >= 15 is 0 Å². The molecule has 0 saturated carbocycles. The summed E-state index contributed by atoms with van der Waals surface area (Å²) in [5.74, 6) is 0.867. The van der Waals surface area contributed by atoms with Gasteiger partial charge in [0.05, 0.1) is 6.10 Å². The van der Waals surface area contributed by atoms with Crippen LogP contribution < -0.4 is 4.74 Å². The smallest absolute Gasteiger partial charge is 0.125 e. The molecular weight excluding hydrogens is 212 g/mol. The maximum absolute atomic E-state index is 10.1. The first-order valence-corrected chi connectivity index (χ1v) is 6.75. The van der Waals surface area contributed by atoms with E-state index in [1.165, 1.54) is 25.7 Å². The highest BCUT2D eigenvalue weighted by Crippen LogP contribution is 2.35. The lowest BCUT2D eigenvalue weighted by Crippen LogP contribution is -2.25. The summed E-state index contributed by atoms with van der Waals surface area (Å²) >= 11 is 0. The van der Waals surface area contributed by atoms with Gasteiger partial charge >= 0.3 is 0 Å². The Bertz CT molecular complexity index is 349. The molecule has 0 aliphatic carbocycles. The summed E-state index contributed by atoms with van der Waals surface area (Å²) in [6, 6.07) is 7.82. The highest BCUT2D eigenvalue weighted by molar-refractivity contribution is 5.36. The van der Waals surface area contributed by atoms with Crippen LogP contribution in [0.4, 0.5) is 0 Å². The Labute approximate surface area is 104 Å². The molecular formula is C15H22O2. The van der Waals surface area contributed by atoms with Gasteiger partial charge in [-0.15, -0.1) is 0 Å². The molecule has 1 N–H and O–H groups in total. The van der Waals surface area contributed by atoms with Crippen molar-refractivity contribution < 1.29 is 9.84 Å². The maximum atomic E-state index is 10.1. The third-order valence-corrected chi connectivity index (χ3v) is 3.44. The molecule has 0 bridgehead atoms. The molecule has 2 rings (SSSR count). The van der Waals surface area contributed by atoms with Crippen LogP contribution in [0.3, 0.4) is 0 Å². The minimum Gasteiger partial charge on any atom is -0.490 e. The normalized spacial score (nSPS) is 22.9. The quantitative estimate of drug-likeness (QED) is 0.784. The van der Waals surface area contributed by atoms with Crippen molar-refractivity contribution in [2.75, 3.05) is 0 Å². The van der Waals surface area contributed by atoms with Gasteiger partial charge in [-0.1, -0.05) is 44.4 Å². The van der Waals surface area contributed by atoms with Crippen LogP contribution >= 0.6 is 0 Å². The second-order valence-electron chi connectivity index (χ2n) is 4.88. The van der Waals surface area contributed by atoms with Gasteiger partial charge in [0, 0.05) is 12.0 Å². The molecule has 2 heteroatoms. The number of para-hydroxylation sites is 1. The molecule has 0 radical (unpaired) electrons. The summed E-state index contributed by atoms with van der Waals surface area (Å²) in [7, 11) is 0. The van der Waals surface area contributed by atoms with Crippen molar-refractivity contribution in [3.63, 3.8) is 0 Å². The van der Waals surface area contributed by atoms with Crippen LogP contribution in [0.2, 0.25) is 0 Å². The Balaban J connectivity index is 1.88. The van der Waals surface area contributed by atoms with Crippen LogP contribution in [-0.2, 0) is 0 Å². The third-order valence-electron chi connectivity index (χ3n) is 3.44. The number of aliphatic hydroxyl groups excluding tert-OH is 1. The third kappa shape index (κ3) is 3.22. The van der Waals surface area contributed by atoms with E-state index in [0.717, 1.165) is 24.2 Å². The molecule has 1 aliphatic heterocycles. The first kappa shape index (κ1) is 12.4. The van der Waals surface area contributed by atoms with Gasteiger partial charge in [0.25, 0.3) is 0 Å². The lowest BCUT2D eigenvalue weighted by molar-refractivity contribution is 0.0605. The van der Waals surface area contributed by atoms with Crippen molar-refractivity contribution in [1.29, 1.82) is 0 Å². The van der Waals surface area contributed by atoms with Gasteiger partial charge in [-0.3, -0.25) is 0 Å². The van der Waals surface area contributed by atoms with Gasteiger partial charge < -0.3 is 9.84 Å². The van der Waals surface area contributed by atoms with Gasteiger partial charge in [-0.05, 0) is 18.9 Å². The first-order valence-electron chi connectivity index (χ1n) is 6.75. The minimum atomic E-state index is -0.351. The summed E-state index contributed by atoms with van der Waals surface area (Å²) in [5, 5.41) is 10.1. The molecule has 0 aromatic heterocycles. The van der Waals surface area contributed by atoms with E-state index in [-0.39, 0.29) is 12.2 Å². The van der Waals surface area contributed by atoms with Gasteiger partial charge in [-0.2, -0.15) is 0 Å². The van der Waals surface area contributed by atoms with E-state index < -0.39 is 0 Å². The van der Waals surface area contributed by atoms with Crippen molar-refractivity contribution in [1.82, 2.24) is 0 Å². The summed E-state index contributed by atoms with van der Waals surface area (Å²) in [6.07, 6.45) is 6.67. The molecule has 1 aliphatic rings. The molecule has 0 saturated heterocycles. The zero-order valence-corrected chi connectivity index (χ0v) is 10.6. The molecule has 0 amide bonds. The zero-order chi connectivity index (χ0) is 12.1. The number of rotatable bonds is 5. The van der Waals surface area contributed by atoms with Gasteiger partial charge in [0.2, 0.25) is 0 Å². The van der Waals surface area contributed by atoms with Gasteiger partial charge in [0.1, 0.15) is 11.9 Å². The van der Waals surface area contributed by atoms with E-state index in [9.17, 15) is 5.11 Å². The molecule has 2 nitrogen and oxygen atoms in total. The molecule has 17 heavy (non-hydrogen) atoms. The van der Waals surface area contributed by atoms with E-state index in [1.54, 1.807) is 0 Å². The Hall–Kier alpha value is -1.02. The van der Waals surface area contributed by atoms with Crippen molar-refractivity contribution in [2.45, 2.75) is 57.7 Å². The van der Waals surface area contributed by atoms with E-state index in [0.29, 0.717) is 0 Å². The van der Waals surface area contributed by atoms with Gasteiger partial charge in [-0.25, -0.2) is 0 Å². The van der Waals surface area contributed by atoms with Crippen molar-refractivity contribution in [3.05, 3.63) is 29.8 Å². The fraction of sp³-hybridized carbons (Fsp3) is 0.600. The Morgan fingerprint density at radius 1 is 1.24 bits per heavy atom. The number of benzene rings is 1. The van der Waals surface area contributed by atoms with Crippen LogP contribution in [0.5, 0.6) is 5.75 Å². The lowest BCUT2D eigenvalue weighted by Gasteiger charge is -2.29. The summed E-state index contributed by atoms with van der Waals surface area (Å²) < 4.78 is 5.92. The summed E-state index contributed by atoms with van der Waals surface area (Å²) in [6.45, 7) is 2.22. The van der Waals surface area contributed by atoms with Crippen LogP contribution in [0.25, 0.3) is 0 Å². The molecule has 2 atom stereocenters. The number of hydrogen-bond donors (Lipinski definition) is 1. The predicted molar refractivity (Wildman–Crippen MR) is 69.2 cm³/mol. The average Bonchev–Trinajstić information content (AvgIpc) is 2.35. The topological polar surface area (TPSA) is 29.5 Å². The Kier molecular flexibility index (Phi) is 4.43. The fourth-order valence-electron chi connectivity index (χ4n) is 2.44. The Morgan fingerprint density at radius 3 is 2.88 bits per heavy atom. The monoisotopic (exact) mass is 234 g/mol. The Morgan fingerprint density at radius 2 is 2.06 bits per heavy atom. The number of fused-ring (bicyclic) bond motifs is 1. The number of ether oxygens (including phenoxy) is 1. The number of aliphatic hydroxyl groups is 1. The molecule has 1 unspecified atom stereocenters. The predicted octanol–water partition coefficient (Wildman–Crippen LogP) is 3.84. The van der Waals surface area contributed by atoms with E-state index in [2.05, 4.69) is 6.92 Å².